The lowest BCUT2D eigenvalue weighted by Gasteiger charge is -2.26. The summed E-state index contributed by atoms with van der Waals surface area (Å²) < 4.78 is 9.65. The molecule has 2 N–H and O–H groups in total. The molecule has 2 rings (SSSR count). The van der Waals surface area contributed by atoms with Gasteiger partial charge in [-0.1, -0.05) is 13.8 Å². The highest BCUT2D eigenvalue weighted by Gasteiger charge is 2.21. The molecule has 2 fully saturated rings. The second-order valence-electron chi connectivity index (χ2n) is 8.60. The highest BCUT2D eigenvalue weighted by molar-refractivity contribution is 5.93. The molecular formula is C22H34N2O6. The number of carbonyl (C=O) groups is 4. The van der Waals surface area contributed by atoms with Gasteiger partial charge in [-0.2, -0.15) is 0 Å². The Kier molecular flexibility index (Phi) is 9.83. The fourth-order valence-corrected chi connectivity index (χ4v) is 3.85. The molecule has 0 atom stereocenters. The largest absolute Gasteiger partial charge is 0.452 e. The van der Waals surface area contributed by atoms with E-state index in [1.165, 1.54) is 0 Å². The fraction of sp³-hybridized carbons (Fsp3) is 0.727. The second kappa shape index (κ2) is 12.3. The first-order valence-corrected chi connectivity index (χ1v) is 10.9. The zero-order valence-corrected chi connectivity index (χ0v) is 18.0. The molecule has 8 nitrogen and oxygen atoms in total. The number of carbonyl (C=O) groups excluding carboxylic acids is 4. The summed E-state index contributed by atoms with van der Waals surface area (Å²) in [6.07, 6.45) is 9.80. The molecule has 0 aromatic carbocycles. The van der Waals surface area contributed by atoms with Crippen molar-refractivity contribution in [2.75, 3.05) is 13.2 Å². The SMILES string of the molecule is CC1CCC(NC(=O)COC(=O)/C=C/C(=O)OCC(=O)NC2CCC(C)CC2)CC1. The number of hydrogen-bond acceptors (Lipinski definition) is 6. The van der Waals surface area contributed by atoms with Gasteiger partial charge in [0, 0.05) is 24.2 Å². The van der Waals surface area contributed by atoms with E-state index in [-0.39, 0.29) is 23.9 Å². The molecule has 0 heterocycles. The summed E-state index contributed by atoms with van der Waals surface area (Å²) in [7, 11) is 0. The Labute approximate surface area is 178 Å². The summed E-state index contributed by atoms with van der Waals surface area (Å²) in [6, 6.07) is 0.252. The van der Waals surface area contributed by atoms with Crippen LogP contribution in [0.5, 0.6) is 0 Å². The molecule has 0 radical (unpaired) electrons. The van der Waals surface area contributed by atoms with E-state index >= 15 is 0 Å². The molecule has 2 saturated carbocycles. The maximum absolute atomic E-state index is 11.8. The van der Waals surface area contributed by atoms with Gasteiger partial charge in [0.2, 0.25) is 0 Å². The molecule has 0 bridgehead atoms. The molecule has 168 valence electrons. The third-order valence-corrected chi connectivity index (χ3v) is 5.81. The first-order valence-electron chi connectivity index (χ1n) is 10.9. The summed E-state index contributed by atoms with van der Waals surface area (Å²) in [5.74, 6) is -0.980. The van der Waals surface area contributed by atoms with Gasteiger partial charge in [-0.05, 0) is 63.2 Å². The summed E-state index contributed by atoms with van der Waals surface area (Å²) in [5.41, 5.74) is 0. The van der Waals surface area contributed by atoms with Crippen molar-refractivity contribution in [1.82, 2.24) is 10.6 Å². The Morgan fingerprint density at radius 3 is 1.33 bits per heavy atom. The van der Waals surface area contributed by atoms with Gasteiger partial charge in [0.15, 0.2) is 13.2 Å². The lowest BCUT2D eigenvalue weighted by Crippen LogP contribution is -2.39. The van der Waals surface area contributed by atoms with Gasteiger partial charge >= 0.3 is 11.9 Å². The highest BCUT2D eigenvalue weighted by atomic mass is 16.5. The Balaban J connectivity index is 1.56. The van der Waals surface area contributed by atoms with E-state index in [0.29, 0.717) is 11.8 Å². The quantitative estimate of drug-likeness (QED) is 0.457. The van der Waals surface area contributed by atoms with E-state index in [4.69, 9.17) is 9.47 Å². The van der Waals surface area contributed by atoms with Crippen LogP contribution in [0.2, 0.25) is 0 Å². The summed E-state index contributed by atoms with van der Waals surface area (Å²) in [6.45, 7) is 3.60. The molecule has 0 aromatic rings. The van der Waals surface area contributed by atoms with Gasteiger partial charge in [0.05, 0.1) is 0 Å². The first-order chi connectivity index (χ1) is 14.3. The molecule has 8 heteroatoms. The normalized spacial score (nSPS) is 26.6. The summed E-state index contributed by atoms with van der Waals surface area (Å²) in [4.78, 5) is 47.0. The first kappa shape index (κ1) is 23.9. The van der Waals surface area contributed by atoms with Crippen molar-refractivity contribution in [3.63, 3.8) is 0 Å². The molecule has 0 spiro atoms. The van der Waals surface area contributed by atoms with E-state index in [0.717, 1.165) is 63.5 Å². The average molecular weight is 423 g/mol. The average Bonchev–Trinajstić information content (AvgIpc) is 2.72. The van der Waals surface area contributed by atoms with Gasteiger partial charge in [-0.25, -0.2) is 9.59 Å². The molecule has 2 aliphatic rings. The number of rotatable bonds is 8. The summed E-state index contributed by atoms with van der Waals surface area (Å²) >= 11 is 0. The zero-order chi connectivity index (χ0) is 21.9. The minimum atomic E-state index is -0.819. The van der Waals surface area contributed by atoms with Crippen LogP contribution in [0.1, 0.15) is 65.2 Å². The Morgan fingerprint density at radius 1 is 0.667 bits per heavy atom. The third kappa shape index (κ3) is 9.41. The van der Waals surface area contributed by atoms with E-state index in [1.54, 1.807) is 0 Å². The summed E-state index contributed by atoms with van der Waals surface area (Å²) in [5, 5.41) is 5.70. The lowest BCUT2D eigenvalue weighted by atomic mass is 9.87. The van der Waals surface area contributed by atoms with Crippen LogP contribution in [0, 0.1) is 11.8 Å². The van der Waals surface area contributed by atoms with Crippen LogP contribution < -0.4 is 10.6 Å². The van der Waals surface area contributed by atoms with Crippen molar-refractivity contribution in [2.45, 2.75) is 77.3 Å². The van der Waals surface area contributed by atoms with E-state index in [1.807, 2.05) is 0 Å². The molecule has 2 amide bonds. The van der Waals surface area contributed by atoms with Gasteiger partial charge in [-0.15, -0.1) is 0 Å². The maximum atomic E-state index is 11.8. The number of ether oxygens (including phenoxy) is 2. The number of amides is 2. The Hall–Kier alpha value is -2.38. The molecule has 0 saturated heterocycles. The van der Waals surface area contributed by atoms with Crippen molar-refractivity contribution >= 4 is 23.8 Å². The molecule has 2 aliphatic carbocycles. The predicted molar refractivity (Wildman–Crippen MR) is 110 cm³/mol. The number of esters is 2. The van der Waals surface area contributed by atoms with Crippen LogP contribution in [0.25, 0.3) is 0 Å². The number of nitrogens with one attached hydrogen (secondary N) is 2. The highest BCUT2D eigenvalue weighted by Crippen LogP contribution is 2.24. The smallest absolute Gasteiger partial charge is 0.331 e. The van der Waals surface area contributed by atoms with Gasteiger partial charge in [0.1, 0.15) is 0 Å². The zero-order valence-electron chi connectivity index (χ0n) is 18.0. The molecule has 0 aromatic heterocycles. The van der Waals surface area contributed by atoms with Crippen molar-refractivity contribution in [3.8, 4) is 0 Å². The van der Waals surface area contributed by atoms with Crippen molar-refractivity contribution in [2.24, 2.45) is 11.8 Å². The number of hydrogen-bond donors (Lipinski definition) is 2. The molecule has 0 aliphatic heterocycles. The van der Waals surface area contributed by atoms with E-state index in [2.05, 4.69) is 24.5 Å². The van der Waals surface area contributed by atoms with Crippen LogP contribution in [0.3, 0.4) is 0 Å². The van der Waals surface area contributed by atoms with E-state index in [9.17, 15) is 19.2 Å². The fourth-order valence-electron chi connectivity index (χ4n) is 3.85. The van der Waals surface area contributed by atoms with Gasteiger partial charge in [-0.3, -0.25) is 9.59 Å². The van der Waals surface area contributed by atoms with Crippen LogP contribution in [0.4, 0.5) is 0 Å². The van der Waals surface area contributed by atoms with Crippen molar-refractivity contribution in [3.05, 3.63) is 12.2 Å². The van der Waals surface area contributed by atoms with Gasteiger partial charge in [0.25, 0.3) is 11.8 Å². The van der Waals surface area contributed by atoms with Crippen LogP contribution in [-0.4, -0.2) is 49.1 Å². The standard InChI is InChI=1S/C22H34N2O6/c1-15-3-7-17(8-4-15)23-19(25)13-29-21(27)11-12-22(28)30-14-20(26)24-18-9-5-16(2)6-10-18/h11-12,15-18H,3-10,13-14H2,1-2H3,(H,23,25)(H,24,26)/b12-11+. The molecule has 30 heavy (non-hydrogen) atoms. The van der Waals surface area contributed by atoms with Crippen LogP contribution in [0.15, 0.2) is 12.2 Å². The maximum Gasteiger partial charge on any atom is 0.331 e. The van der Waals surface area contributed by atoms with Crippen LogP contribution >= 0.6 is 0 Å². The van der Waals surface area contributed by atoms with Crippen molar-refractivity contribution < 1.29 is 28.7 Å². The Morgan fingerprint density at radius 2 is 1.00 bits per heavy atom. The van der Waals surface area contributed by atoms with Crippen LogP contribution in [-0.2, 0) is 28.7 Å². The second-order valence-corrected chi connectivity index (χ2v) is 8.60. The van der Waals surface area contributed by atoms with Crippen molar-refractivity contribution in [1.29, 1.82) is 0 Å². The predicted octanol–water partition coefficient (Wildman–Crippen LogP) is 2.02. The molecular weight excluding hydrogens is 388 g/mol. The van der Waals surface area contributed by atoms with Gasteiger partial charge < -0.3 is 20.1 Å². The third-order valence-electron chi connectivity index (χ3n) is 5.81. The monoisotopic (exact) mass is 422 g/mol. The minimum absolute atomic E-state index is 0.126. The molecule has 0 unspecified atom stereocenters. The Bertz CT molecular complexity index is 578. The van der Waals surface area contributed by atoms with E-state index < -0.39 is 25.2 Å². The lowest BCUT2D eigenvalue weighted by molar-refractivity contribution is -0.145. The minimum Gasteiger partial charge on any atom is -0.452 e. The topological polar surface area (TPSA) is 111 Å².